The van der Waals surface area contributed by atoms with Crippen LogP contribution in [0, 0.1) is 6.92 Å². The Hall–Kier alpha value is -2.32. The summed E-state index contributed by atoms with van der Waals surface area (Å²) in [6.45, 7) is 1.94. The Morgan fingerprint density at radius 2 is 1.81 bits per heavy atom. The number of benzene rings is 3. The SMILES string of the molecule is Cc1ccc2ccccc2c1C(=O)c1ccc(N)c(Cl)c1. The first kappa shape index (κ1) is 13.7. The summed E-state index contributed by atoms with van der Waals surface area (Å²) in [5.74, 6) is -0.0359. The van der Waals surface area contributed by atoms with Gasteiger partial charge >= 0.3 is 0 Å². The van der Waals surface area contributed by atoms with Crippen LogP contribution >= 0.6 is 11.6 Å². The first-order chi connectivity index (χ1) is 10.1. The lowest BCUT2D eigenvalue weighted by atomic mass is 9.93. The fourth-order valence-electron chi connectivity index (χ4n) is 2.49. The van der Waals surface area contributed by atoms with Crippen molar-refractivity contribution >= 4 is 33.8 Å². The fourth-order valence-corrected chi connectivity index (χ4v) is 2.68. The van der Waals surface area contributed by atoms with Gasteiger partial charge in [0.15, 0.2) is 5.78 Å². The quantitative estimate of drug-likeness (QED) is 0.554. The van der Waals surface area contributed by atoms with Crippen molar-refractivity contribution in [2.45, 2.75) is 6.92 Å². The number of anilines is 1. The van der Waals surface area contributed by atoms with E-state index in [-0.39, 0.29) is 5.78 Å². The van der Waals surface area contributed by atoms with E-state index in [0.29, 0.717) is 21.8 Å². The van der Waals surface area contributed by atoms with Crippen molar-refractivity contribution in [1.82, 2.24) is 0 Å². The molecule has 0 aliphatic heterocycles. The molecule has 104 valence electrons. The lowest BCUT2D eigenvalue weighted by Crippen LogP contribution is -2.05. The van der Waals surface area contributed by atoms with Crippen molar-refractivity contribution < 1.29 is 4.79 Å². The minimum atomic E-state index is -0.0359. The Labute approximate surface area is 128 Å². The molecule has 0 heterocycles. The highest BCUT2D eigenvalue weighted by atomic mass is 35.5. The van der Waals surface area contributed by atoms with Gasteiger partial charge in [-0.05, 0) is 41.5 Å². The summed E-state index contributed by atoms with van der Waals surface area (Å²) in [4.78, 5) is 12.8. The summed E-state index contributed by atoms with van der Waals surface area (Å²) in [6, 6.07) is 16.9. The van der Waals surface area contributed by atoms with E-state index in [1.165, 1.54) is 0 Å². The van der Waals surface area contributed by atoms with Gasteiger partial charge in [0, 0.05) is 11.1 Å². The van der Waals surface area contributed by atoms with Crippen molar-refractivity contribution in [3.8, 4) is 0 Å². The predicted molar refractivity (Wildman–Crippen MR) is 88.0 cm³/mol. The average molecular weight is 296 g/mol. The number of fused-ring (bicyclic) bond motifs is 1. The third-order valence-electron chi connectivity index (χ3n) is 3.63. The second-order valence-electron chi connectivity index (χ2n) is 5.04. The monoisotopic (exact) mass is 295 g/mol. The number of ketones is 1. The number of rotatable bonds is 2. The van der Waals surface area contributed by atoms with E-state index in [1.54, 1.807) is 18.2 Å². The van der Waals surface area contributed by atoms with E-state index in [9.17, 15) is 4.79 Å². The molecule has 0 radical (unpaired) electrons. The minimum absolute atomic E-state index is 0.0359. The number of nitrogens with two attached hydrogens (primary N) is 1. The van der Waals surface area contributed by atoms with Crippen LogP contribution in [0.3, 0.4) is 0 Å². The maximum Gasteiger partial charge on any atom is 0.193 e. The number of halogens is 1. The van der Waals surface area contributed by atoms with Gasteiger partial charge in [0.05, 0.1) is 10.7 Å². The smallest absolute Gasteiger partial charge is 0.193 e. The van der Waals surface area contributed by atoms with Gasteiger partial charge in [0.1, 0.15) is 0 Å². The summed E-state index contributed by atoms with van der Waals surface area (Å²) >= 11 is 6.03. The summed E-state index contributed by atoms with van der Waals surface area (Å²) < 4.78 is 0. The predicted octanol–water partition coefficient (Wildman–Crippen LogP) is 4.61. The molecule has 0 saturated heterocycles. The van der Waals surface area contributed by atoms with Crippen LogP contribution in [0.2, 0.25) is 5.02 Å². The second-order valence-corrected chi connectivity index (χ2v) is 5.45. The number of nitrogen functional groups attached to an aromatic ring is 1. The Kier molecular flexibility index (Phi) is 3.40. The van der Waals surface area contributed by atoms with Crippen LogP contribution in [0.5, 0.6) is 0 Å². The van der Waals surface area contributed by atoms with Crippen molar-refractivity contribution in [3.05, 3.63) is 76.3 Å². The molecule has 2 nitrogen and oxygen atoms in total. The van der Waals surface area contributed by atoms with Gasteiger partial charge < -0.3 is 5.73 Å². The molecule has 0 unspecified atom stereocenters. The number of hydrogen-bond acceptors (Lipinski definition) is 2. The van der Waals surface area contributed by atoms with Gasteiger partial charge in [0.2, 0.25) is 0 Å². The fraction of sp³-hybridized carbons (Fsp3) is 0.0556. The molecular weight excluding hydrogens is 282 g/mol. The van der Waals surface area contributed by atoms with Crippen molar-refractivity contribution in [1.29, 1.82) is 0 Å². The van der Waals surface area contributed by atoms with Gasteiger partial charge in [0.25, 0.3) is 0 Å². The van der Waals surface area contributed by atoms with E-state index >= 15 is 0 Å². The van der Waals surface area contributed by atoms with Crippen LogP contribution < -0.4 is 5.73 Å². The normalized spacial score (nSPS) is 10.8. The molecule has 0 bridgehead atoms. The number of aryl methyl sites for hydroxylation is 1. The summed E-state index contributed by atoms with van der Waals surface area (Å²) in [5.41, 5.74) is 8.40. The zero-order chi connectivity index (χ0) is 15.0. The van der Waals surface area contributed by atoms with E-state index < -0.39 is 0 Å². The Balaban J connectivity index is 2.21. The van der Waals surface area contributed by atoms with Crippen LogP contribution in [0.15, 0.2) is 54.6 Å². The largest absolute Gasteiger partial charge is 0.398 e. The van der Waals surface area contributed by atoms with Gasteiger partial charge in [-0.1, -0.05) is 48.0 Å². The first-order valence-electron chi connectivity index (χ1n) is 6.66. The molecule has 21 heavy (non-hydrogen) atoms. The molecule has 3 aromatic rings. The zero-order valence-electron chi connectivity index (χ0n) is 11.6. The molecule has 0 amide bonds. The zero-order valence-corrected chi connectivity index (χ0v) is 12.3. The number of carbonyl (C=O) groups excluding carboxylic acids is 1. The van der Waals surface area contributed by atoms with E-state index in [1.807, 2.05) is 43.3 Å². The summed E-state index contributed by atoms with van der Waals surface area (Å²) in [6.07, 6.45) is 0. The number of carbonyl (C=O) groups is 1. The van der Waals surface area contributed by atoms with Crippen LogP contribution in [-0.4, -0.2) is 5.78 Å². The first-order valence-corrected chi connectivity index (χ1v) is 7.04. The van der Waals surface area contributed by atoms with Crippen LogP contribution in [0.25, 0.3) is 10.8 Å². The maximum atomic E-state index is 12.8. The Morgan fingerprint density at radius 3 is 2.57 bits per heavy atom. The van der Waals surface area contributed by atoms with Gasteiger partial charge in [-0.15, -0.1) is 0 Å². The molecule has 0 spiro atoms. The molecule has 0 fully saturated rings. The molecule has 3 rings (SSSR count). The summed E-state index contributed by atoms with van der Waals surface area (Å²) in [7, 11) is 0. The molecule has 0 aliphatic carbocycles. The molecule has 0 aromatic heterocycles. The highest BCUT2D eigenvalue weighted by Crippen LogP contribution is 2.27. The molecule has 0 atom stereocenters. The van der Waals surface area contributed by atoms with Crippen molar-refractivity contribution in [2.75, 3.05) is 5.73 Å². The van der Waals surface area contributed by atoms with Gasteiger partial charge in [-0.2, -0.15) is 0 Å². The van der Waals surface area contributed by atoms with Crippen LogP contribution in [0.4, 0.5) is 5.69 Å². The van der Waals surface area contributed by atoms with E-state index in [2.05, 4.69) is 0 Å². The maximum absolute atomic E-state index is 12.8. The average Bonchev–Trinajstić information content (AvgIpc) is 2.49. The minimum Gasteiger partial charge on any atom is -0.398 e. The molecule has 0 aliphatic rings. The van der Waals surface area contributed by atoms with E-state index in [0.717, 1.165) is 16.3 Å². The lowest BCUT2D eigenvalue weighted by Gasteiger charge is -2.10. The summed E-state index contributed by atoms with van der Waals surface area (Å²) in [5, 5.41) is 2.40. The van der Waals surface area contributed by atoms with Crippen LogP contribution in [0.1, 0.15) is 21.5 Å². The Bertz CT molecular complexity index is 855. The van der Waals surface area contributed by atoms with Crippen LogP contribution in [-0.2, 0) is 0 Å². The van der Waals surface area contributed by atoms with Gasteiger partial charge in [-0.3, -0.25) is 4.79 Å². The van der Waals surface area contributed by atoms with Crippen molar-refractivity contribution in [3.63, 3.8) is 0 Å². The molecule has 2 N–H and O–H groups in total. The second kappa shape index (κ2) is 5.23. The molecule has 3 heteroatoms. The third-order valence-corrected chi connectivity index (χ3v) is 3.95. The molecule has 3 aromatic carbocycles. The molecular formula is C18H14ClNO. The third kappa shape index (κ3) is 2.39. The Morgan fingerprint density at radius 1 is 1.05 bits per heavy atom. The van der Waals surface area contributed by atoms with Gasteiger partial charge in [-0.25, -0.2) is 0 Å². The highest BCUT2D eigenvalue weighted by molar-refractivity contribution is 6.33. The lowest BCUT2D eigenvalue weighted by molar-refractivity contribution is 0.104. The standard InChI is InChI=1S/C18H14ClNO/c1-11-6-7-12-4-2-3-5-14(12)17(11)18(21)13-8-9-16(20)15(19)10-13/h2-10H,20H2,1H3. The van der Waals surface area contributed by atoms with E-state index in [4.69, 9.17) is 17.3 Å². The van der Waals surface area contributed by atoms with Crippen molar-refractivity contribution in [2.24, 2.45) is 0 Å². The number of hydrogen-bond donors (Lipinski definition) is 1. The topological polar surface area (TPSA) is 43.1 Å². The highest BCUT2D eigenvalue weighted by Gasteiger charge is 2.16. The molecule has 0 saturated carbocycles.